The Labute approximate surface area is 173 Å². The molecule has 0 spiro atoms. The molecule has 29 heavy (non-hydrogen) atoms. The molecule has 0 atom stereocenters. The second-order valence-corrected chi connectivity index (χ2v) is 7.86. The van der Waals surface area contributed by atoms with Crippen LogP contribution in [0.1, 0.15) is 57.8 Å². The normalized spacial score (nSPS) is 11.0. The minimum Gasteiger partial charge on any atom is -0.462 e. The summed E-state index contributed by atoms with van der Waals surface area (Å²) >= 11 is 1.13. The van der Waals surface area contributed by atoms with Crippen LogP contribution < -0.4 is 5.56 Å². The van der Waals surface area contributed by atoms with Gasteiger partial charge in [0.2, 0.25) is 0 Å². The number of hydrogen-bond donors (Lipinski definition) is 0. The number of Topliss-reactive ketones (excluding diaryl/α,β-unsaturated/α-hetero) is 1. The number of nitrogens with zero attached hydrogens (tertiary/aromatic N) is 2. The first kappa shape index (κ1) is 20.9. The Morgan fingerprint density at radius 2 is 1.90 bits per heavy atom. The van der Waals surface area contributed by atoms with Crippen molar-refractivity contribution in [2.45, 2.75) is 46.6 Å². The van der Waals surface area contributed by atoms with E-state index in [1.165, 1.54) is 16.5 Å². The zero-order valence-electron chi connectivity index (χ0n) is 16.9. The Hall–Kier alpha value is -2.80. The number of fused-ring (bicyclic) bond motifs is 1. The summed E-state index contributed by atoms with van der Waals surface area (Å²) in [4.78, 5) is 42.8. The lowest BCUT2D eigenvalue weighted by Crippen LogP contribution is -2.24. The van der Waals surface area contributed by atoms with Crippen molar-refractivity contribution in [2.75, 3.05) is 6.61 Å². The average Bonchev–Trinajstić information content (AvgIpc) is 3.06. The van der Waals surface area contributed by atoms with E-state index in [0.29, 0.717) is 26.2 Å². The lowest BCUT2D eigenvalue weighted by atomic mass is 10.0. The molecule has 0 aliphatic rings. The van der Waals surface area contributed by atoms with Gasteiger partial charge in [-0.15, -0.1) is 11.3 Å². The van der Waals surface area contributed by atoms with Crippen LogP contribution >= 0.6 is 11.3 Å². The minimum atomic E-state index is -0.460. The first-order valence-corrected chi connectivity index (χ1v) is 10.6. The molecule has 1 aromatic carbocycles. The zero-order valence-corrected chi connectivity index (χ0v) is 17.7. The molecule has 0 fully saturated rings. The van der Waals surface area contributed by atoms with E-state index < -0.39 is 5.97 Å². The van der Waals surface area contributed by atoms with Crippen molar-refractivity contribution in [2.24, 2.45) is 0 Å². The van der Waals surface area contributed by atoms with E-state index in [9.17, 15) is 14.4 Å². The van der Waals surface area contributed by atoms with Crippen molar-refractivity contribution in [3.05, 3.63) is 62.5 Å². The maximum atomic E-state index is 12.9. The molecule has 6 nitrogen and oxygen atoms in total. The number of esters is 1. The molecule has 2 heterocycles. The number of hydrogen-bond acceptors (Lipinski definition) is 6. The van der Waals surface area contributed by atoms with Gasteiger partial charge in [-0.1, -0.05) is 37.6 Å². The van der Waals surface area contributed by atoms with Crippen molar-refractivity contribution < 1.29 is 14.3 Å². The third-order valence-electron chi connectivity index (χ3n) is 4.79. The van der Waals surface area contributed by atoms with Gasteiger partial charge in [0, 0.05) is 5.56 Å². The van der Waals surface area contributed by atoms with Crippen LogP contribution in [-0.4, -0.2) is 27.9 Å². The monoisotopic (exact) mass is 412 g/mol. The average molecular weight is 413 g/mol. The zero-order chi connectivity index (χ0) is 21.0. The number of aromatic nitrogens is 2. The van der Waals surface area contributed by atoms with Crippen molar-refractivity contribution in [1.29, 1.82) is 0 Å². The number of aryl methyl sites for hydroxylation is 2. The van der Waals surface area contributed by atoms with Gasteiger partial charge in [0.15, 0.2) is 5.78 Å². The number of rotatable bonds is 8. The van der Waals surface area contributed by atoms with E-state index in [1.807, 2.05) is 12.1 Å². The molecule has 7 heteroatoms. The van der Waals surface area contributed by atoms with Gasteiger partial charge < -0.3 is 4.74 Å². The van der Waals surface area contributed by atoms with E-state index in [2.05, 4.69) is 11.9 Å². The second kappa shape index (κ2) is 9.13. The van der Waals surface area contributed by atoms with Gasteiger partial charge in [0.25, 0.3) is 5.56 Å². The van der Waals surface area contributed by atoms with E-state index in [4.69, 9.17) is 4.74 Å². The fourth-order valence-electron chi connectivity index (χ4n) is 3.15. The number of carbonyl (C=O) groups excluding carboxylic acids is 2. The molecule has 0 saturated carbocycles. The minimum absolute atomic E-state index is 0.0971. The number of ether oxygens (including phenoxy) is 1. The molecule has 0 N–H and O–H groups in total. The molecule has 0 amide bonds. The molecular weight excluding hydrogens is 388 g/mol. The van der Waals surface area contributed by atoms with Crippen LogP contribution in [0.4, 0.5) is 0 Å². The molecule has 0 unspecified atom stereocenters. The van der Waals surface area contributed by atoms with Crippen LogP contribution in [0.5, 0.6) is 0 Å². The summed E-state index contributed by atoms with van der Waals surface area (Å²) in [5.41, 5.74) is 1.98. The fraction of sp³-hybridized carbons (Fsp3) is 0.364. The third-order valence-corrected chi connectivity index (χ3v) is 5.97. The van der Waals surface area contributed by atoms with Crippen LogP contribution in [0, 0.1) is 6.92 Å². The second-order valence-electron chi connectivity index (χ2n) is 6.86. The maximum Gasteiger partial charge on any atom is 0.348 e. The summed E-state index contributed by atoms with van der Waals surface area (Å²) in [5.74, 6) is -0.619. The largest absolute Gasteiger partial charge is 0.462 e. The van der Waals surface area contributed by atoms with Crippen LogP contribution in [0.2, 0.25) is 0 Å². The van der Waals surface area contributed by atoms with Crippen molar-refractivity contribution in [3.8, 4) is 0 Å². The third kappa shape index (κ3) is 4.45. The Morgan fingerprint density at radius 1 is 1.17 bits per heavy atom. The molecule has 0 bridgehead atoms. The highest BCUT2D eigenvalue weighted by atomic mass is 32.1. The number of benzene rings is 1. The lowest BCUT2D eigenvalue weighted by Gasteiger charge is -2.06. The van der Waals surface area contributed by atoms with Crippen LogP contribution in [0.25, 0.3) is 10.2 Å². The Bertz CT molecular complexity index is 1100. The molecule has 2 aromatic heterocycles. The van der Waals surface area contributed by atoms with Gasteiger partial charge in [-0.3, -0.25) is 14.2 Å². The SMILES string of the molecule is CCCCc1ccc(C(=O)Cn2cnc3sc(C(=O)OCC)c(C)c3c2=O)cc1. The van der Waals surface area contributed by atoms with Gasteiger partial charge >= 0.3 is 5.97 Å². The highest BCUT2D eigenvalue weighted by molar-refractivity contribution is 7.20. The van der Waals surface area contributed by atoms with E-state index in [0.717, 1.165) is 30.6 Å². The van der Waals surface area contributed by atoms with E-state index in [1.54, 1.807) is 26.0 Å². The number of carbonyl (C=O) groups is 2. The Balaban J connectivity index is 1.85. The topological polar surface area (TPSA) is 78.3 Å². The van der Waals surface area contributed by atoms with E-state index >= 15 is 0 Å². The van der Waals surface area contributed by atoms with Gasteiger partial charge in [0.1, 0.15) is 9.71 Å². The van der Waals surface area contributed by atoms with Crippen LogP contribution in [-0.2, 0) is 17.7 Å². The quantitative estimate of drug-likeness (QED) is 0.410. The summed E-state index contributed by atoms with van der Waals surface area (Å²) < 4.78 is 6.34. The number of ketones is 1. The van der Waals surface area contributed by atoms with Gasteiger partial charge in [0.05, 0.1) is 24.9 Å². The molecular formula is C22H24N2O4S. The summed E-state index contributed by atoms with van der Waals surface area (Å²) in [6, 6.07) is 7.53. The molecule has 0 radical (unpaired) electrons. The van der Waals surface area contributed by atoms with Gasteiger partial charge in [-0.2, -0.15) is 0 Å². The van der Waals surface area contributed by atoms with Crippen LogP contribution in [0.15, 0.2) is 35.4 Å². The smallest absolute Gasteiger partial charge is 0.348 e. The predicted molar refractivity (Wildman–Crippen MR) is 114 cm³/mol. The highest BCUT2D eigenvalue weighted by Crippen LogP contribution is 2.27. The molecule has 152 valence electrons. The fourth-order valence-corrected chi connectivity index (χ4v) is 4.18. The molecule has 3 aromatic rings. The summed E-state index contributed by atoms with van der Waals surface area (Å²) in [5, 5.41) is 0.364. The van der Waals surface area contributed by atoms with Gasteiger partial charge in [-0.05, 0) is 37.8 Å². The number of unbranched alkanes of at least 4 members (excludes halogenated alkanes) is 1. The predicted octanol–water partition coefficient (Wildman–Crippen LogP) is 4.17. The molecule has 0 aliphatic heterocycles. The van der Waals surface area contributed by atoms with Crippen LogP contribution in [0.3, 0.4) is 0 Å². The molecule has 0 aliphatic carbocycles. The number of thiophene rings is 1. The molecule has 0 saturated heterocycles. The summed E-state index contributed by atoms with van der Waals surface area (Å²) in [7, 11) is 0. The highest BCUT2D eigenvalue weighted by Gasteiger charge is 2.21. The maximum absolute atomic E-state index is 12.9. The van der Waals surface area contributed by atoms with Crippen molar-refractivity contribution in [1.82, 2.24) is 9.55 Å². The standard InChI is InChI=1S/C22H24N2O4S/c1-4-6-7-15-8-10-16(11-9-15)17(25)12-24-13-23-20-18(21(24)26)14(3)19(29-20)22(27)28-5-2/h8-11,13H,4-7,12H2,1-3H3. The first-order chi connectivity index (χ1) is 14.0. The first-order valence-electron chi connectivity index (χ1n) is 9.74. The lowest BCUT2D eigenvalue weighted by molar-refractivity contribution is 0.0531. The summed E-state index contributed by atoms with van der Waals surface area (Å²) in [6.45, 7) is 5.74. The summed E-state index contributed by atoms with van der Waals surface area (Å²) in [6.07, 6.45) is 4.59. The van der Waals surface area contributed by atoms with Gasteiger partial charge in [-0.25, -0.2) is 9.78 Å². The Kier molecular flexibility index (Phi) is 6.59. The van der Waals surface area contributed by atoms with Crippen molar-refractivity contribution in [3.63, 3.8) is 0 Å². The Morgan fingerprint density at radius 3 is 2.55 bits per heavy atom. The molecule has 3 rings (SSSR count). The van der Waals surface area contributed by atoms with Crippen molar-refractivity contribution >= 4 is 33.3 Å². The van der Waals surface area contributed by atoms with E-state index in [-0.39, 0.29) is 24.5 Å².